The summed E-state index contributed by atoms with van der Waals surface area (Å²) in [5, 5.41) is 7.88. The summed E-state index contributed by atoms with van der Waals surface area (Å²) in [5.41, 5.74) is 6.63. The first-order chi connectivity index (χ1) is 9.49. The van der Waals surface area contributed by atoms with Crippen molar-refractivity contribution in [3.05, 3.63) is 62.8 Å². The fourth-order valence-electron chi connectivity index (χ4n) is 1.68. The molecule has 0 heterocycles. The lowest BCUT2D eigenvalue weighted by atomic mass is 10.2. The third kappa shape index (κ3) is 3.29. The number of benzene rings is 2. The van der Waals surface area contributed by atoms with Crippen molar-refractivity contribution in [3.63, 3.8) is 0 Å². The predicted molar refractivity (Wildman–Crippen MR) is 80.9 cm³/mol. The van der Waals surface area contributed by atoms with Gasteiger partial charge in [0.2, 0.25) is 0 Å². The molecule has 6 heteroatoms. The Kier molecular flexibility index (Phi) is 4.62. The number of hydrogen-bond acceptors (Lipinski definition) is 2. The van der Waals surface area contributed by atoms with E-state index in [0.29, 0.717) is 20.8 Å². The van der Waals surface area contributed by atoms with E-state index in [0.717, 1.165) is 5.56 Å². The molecule has 0 aliphatic heterocycles. The molecule has 0 aliphatic rings. The molecule has 0 radical (unpaired) electrons. The van der Waals surface area contributed by atoms with Crippen molar-refractivity contribution in [2.24, 2.45) is 5.73 Å². The maximum atomic E-state index is 13.1. The molecule has 0 spiro atoms. The first kappa shape index (κ1) is 14.8. The summed E-state index contributed by atoms with van der Waals surface area (Å²) in [7, 11) is 0. The van der Waals surface area contributed by atoms with Gasteiger partial charge >= 0.3 is 0 Å². The lowest BCUT2D eigenvalue weighted by Crippen LogP contribution is -2.13. The molecule has 2 aromatic carbocycles. The average molecular weight is 358 g/mol. The summed E-state index contributed by atoms with van der Waals surface area (Å²) in [6, 6.07) is 9.64. The van der Waals surface area contributed by atoms with Gasteiger partial charge in [0.1, 0.15) is 24.0 Å². The van der Waals surface area contributed by atoms with Crippen LogP contribution >= 0.6 is 27.5 Å². The number of amidine groups is 1. The Morgan fingerprint density at radius 2 is 2.10 bits per heavy atom. The van der Waals surface area contributed by atoms with Crippen LogP contribution < -0.4 is 10.5 Å². The van der Waals surface area contributed by atoms with Crippen LogP contribution in [0.15, 0.2) is 40.9 Å². The normalized spacial score (nSPS) is 10.3. The lowest BCUT2D eigenvalue weighted by molar-refractivity contribution is 0.305. The second-order valence-corrected chi connectivity index (χ2v) is 5.33. The Morgan fingerprint density at radius 3 is 2.75 bits per heavy atom. The minimum Gasteiger partial charge on any atom is -0.488 e. The van der Waals surface area contributed by atoms with E-state index in [1.165, 1.54) is 6.07 Å². The van der Waals surface area contributed by atoms with E-state index in [1.54, 1.807) is 30.3 Å². The van der Waals surface area contributed by atoms with Gasteiger partial charge in [0.15, 0.2) is 0 Å². The van der Waals surface area contributed by atoms with Crippen LogP contribution in [0.3, 0.4) is 0 Å². The first-order valence-corrected chi connectivity index (χ1v) is 6.85. The van der Waals surface area contributed by atoms with E-state index >= 15 is 0 Å². The Bertz CT molecular complexity index is 664. The number of nitrogen functional groups attached to an aromatic ring is 1. The highest BCUT2D eigenvalue weighted by Crippen LogP contribution is 2.27. The SMILES string of the molecule is N=C(N)c1c(Cl)cccc1OCc1ccc(F)c(Br)c1. The maximum Gasteiger partial charge on any atom is 0.137 e. The third-order valence-corrected chi connectivity index (χ3v) is 3.55. The summed E-state index contributed by atoms with van der Waals surface area (Å²) in [6.45, 7) is 0.222. The summed E-state index contributed by atoms with van der Waals surface area (Å²) in [4.78, 5) is 0. The van der Waals surface area contributed by atoms with E-state index in [1.807, 2.05) is 0 Å². The number of ether oxygens (including phenoxy) is 1. The van der Waals surface area contributed by atoms with Gasteiger partial charge in [0, 0.05) is 0 Å². The van der Waals surface area contributed by atoms with Crippen LogP contribution in [0.2, 0.25) is 5.02 Å². The number of rotatable bonds is 4. The lowest BCUT2D eigenvalue weighted by Gasteiger charge is -2.12. The standard InChI is InChI=1S/C14H11BrClFN2O/c15-9-6-8(4-5-11(9)17)7-20-12-3-1-2-10(16)13(12)14(18)19/h1-6H,7H2,(H3,18,19). The summed E-state index contributed by atoms with van der Waals surface area (Å²) in [5.74, 6) is -0.0720. The Labute approximate surface area is 129 Å². The van der Waals surface area contributed by atoms with Gasteiger partial charge in [-0.15, -0.1) is 0 Å². The first-order valence-electron chi connectivity index (χ1n) is 5.68. The molecule has 2 rings (SSSR count). The van der Waals surface area contributed by atoms with Crippen molar-refractivity contribution in [3.8, 4) is 5.75 Å². The summed E-state index contributed by atoms with van der Waals surface area (Å²) in [6.07, 6.45) is 0. The molecule has 104 valence electrons. The molecule has 0 saturated carbocycles. The maximum absolute atomic E-state index is 13.1. The second kappa shape index (κ2) is 6.24. The van der Waals surface area contributed by atoms with E-state index in [4.69, 9.17) is 27.5 Å². The minimum absolute atomic E-state index is 0.161. The van der Waals surface area contributed by atoms with Crippen LogP contribution in [0.25, 0.3) is 0 Å². The highest BCUT2D eigenvalue weighted by atomic mass is 79.9. The smallest absolute Gasteiger partial charge is 0.137 e. The molecule has 3 nitrogen and oxygen atoms in total. The summed E-state index contributed by atoms with van der Waals surface area (Å²) < 4.78 is 19.1. The van der Waals surface area contributed by atoms with Crippen molar-refractivity contribution in [2.45, 2.75) is 6.61 Å². The third-order valence-electron chi connectivity index (χ3n) is 2.62. The van der Waals surface area contributed by atoms with E-state index in [-0.39, 0.29) is 18.3 Å². The molecule has 0 atom stereocenters. The highest BCUT2D eigenvalue weighted by Gasteiger charge is 2.11. The summed E-state index contributed by atoms with van der Waals surface area (Å²) >= 11 is 9.11. The van der Waals surface area contributed by atoms with E-state index in [9.17, 15) is 4.39 Å². The van der Waals surface area contributed by atoms with Gasteiger partial charge in [-0.25, -0.2) is 4.39 Å². The zero-order chi connectivity index (χ0) is 14.7. The zero-order valence-electron chi connectivity index (χ0n) is 10.3. The van der Waals surface area contributed by atoms with Gasteiger partial charge in [-0.05, 0) is 45.8 Å². The van der Waals surface area contributed by atoms with Crippen molar-refractivity contribution in [1.29, 1.82) is 5.41 Å². The van der Waals surface area contributed by atoms with Crippen molar-refractivity contribution in [1.82, 2.24) is 0 Å². The predicted octanol–water partition coefficient (Wildman–Crippen LogP) is 4.10. The molecule has 0 saturated heterocycles. The molecule has 0 unspecified atom stereocenters. The van der Waals surface area contributed by atoms with Gasteiger partial charge in [-0.3, -0.25) is 5.41 Å². The van der Waals surface area contributed by atoms with Crippen molar-refractivity contribution >= 4 is 33.4 Å². The molecular weight excluding hydrogens is 347 g/mol. The fraction of sp³-hybridized carbons (Fsp3) is 0.0714. The molecule has 0 amide bonds. The fourth-order valence-corrected chi connectivity index (χ4v) is 2.37. The largest absolute Gasteiger partial charge is 0.488 e. The molecular formula is C14H11BrClFN2O. The average Bonchev–Trinajstić information content (AvgIpc) is 2.39. The molecule has 20 heavy (non-hydrogen) atoms. The number of hydrogen-bond donors (Lipinski definition) is 2. The molecule has 3 N–H and O–H groups in total. The van der Waals surface area contributed by atoms with Gasteiger partial charge in [-0.1, -0.05) is 23.7 Å². The van der Waals surface area contributed by atoms with Crippen molar-refractivity contribution in [2.75, 3.05) is 0 Å². The van der Waals surface area contributed by atoms with Crippen molar-refractivity contribution < 1.29 is 9.13 Å². The van der Waals surface area contributed by atoms with Crippen LogP contribution in [0, 0.1) is 11.2 Å². The second-order valence-electron chi connectivity index (χ2n) is 4.06. The van der Waals surface area contributed by atoms with Gasteiger partial charge in [-0.2, -0.15) is 0 Å². The molecule has 0 fully saturated rings. The number of nitrogens with one attached hydrogen (secondary N) is 1. The van der Waals surface area contributed by atoms with Crippen LogP contribution in [0.1, 0.15) is 11.1 Å². The van der Waals surface area contributed by atoms with Crippen LogP contribution in [0.5, 0.6) is 5.75 Å². The topological polar surface area (TPSA) is 59.1 Å². The Hall–Kier alpha value is -1.59. The van der Waals surface area contributed by atoms with E-state index in [2.05, 4.69) is 15.9 Å². The number of halogens is 3. The Balaban J connectivity index is 2.21. The molecule has 0 aliphatic carbocycles. The van der Waals surface area contributed by atoms with E-state index < -0.39 is 0 Å². The molecule has 0 aromatic heterocycles. The quantitative estimate of drug-likeness (QED) is 0.639. The number of nitrogens with two attached hydrogens (primary N) is 1. The van der Waals surface area contributed by atoms with Crippen LogP contribution in [-0.2, 0) is 6.61 Å². The van der Waals surface area contributed by atoms with Gasteiger partial charge in [0.25, 0.3) is 0 Å². The minimum atomic E-state index is -0.332. The monoisotopic (exact) mass is 356 g/mol. The van der Waals surface area contributed by atoms with Gasteiger partial charge in [0.05, 0.1) is 15.1 Å². The molecule has 0 bridgehead atoms. The molecule has 2 aromatic rings. The van der Waals surface area contributed by atoms with Crippen LogP contribution in [0.4, 0.5) is 4.39 Å². The van der Waals surface area contributed by atoms with Crippen LogP contribution in [-0.4, -0.2) is 5.84 Å². The zero-order valence-corrected chi connectivity index (χ0v) is 12.6. The Morgan fingerprint density at radius 1 is 1.35 bits per heavy atom. The van der Waals surface area contributed by atoms with Gasteiger partial charge < -0.3 is 10.5 Å². The highest BCUT2D eigenvalue weighted by molar-refractivity contribution is 9.10.